The van der Waals surface area contributed by atoms with Crippen LogP contribution in [0.15, 0.2) is 33.9 Å². The lowest BCUT2D eigenvalue weighted by Gasteiger charge is -2.39. The molecular weight excluding hydrogens is 494 g/mol. The van der Waals surface area contributed by atoms with Crippen LogP contribution in [0.5, 0.6) is 0 Å². The number of alkyl halides is 1. The zero-order chi connectivity index (χ0) is 27.3. The van der Waals surface area contributed by atoms with E-state index in [1.54, 1.807) is 19.1 Å². The molecule has 3 atom stereocenters. The van der Waals surface area contributed by atoms with Crippen LogP contribution in [0.1, 0.15) is 37.1 Å². The predicted octanol–water partition coefficient (Wildman–Crippen LogP) is 1.10. The predicted molar refractivity (Wildman–Crippen MR) is 126 cm³/mol. The van der Waals surface area contributed by atoms with Crippen molar-refractivity contribution in [2.75, 3.05) is 6.54 Å². The van der Waals surface area contributed by atoms with E-state index in [1.807, 2.05) is 0 Å². The van der Waals surface area contributed by atoms with E-state index in [-0.39, 0.29) is 37.1 Å². The van der Waals surface area contributed by atoms with Crippen molar-refractivity contribution in [1.82, 2.24) is 19.0 Å². The van der Waals surface area contributed by atoms with Gasteiger partial charge in [-0.1, -0.05) is 12.1 Å². The number of halogens is 2. The zero-order valence-electron chi connectivity index (χ0n) is 20.5. The van der Waals surface area contributed by atoms with Crippen molar-refractivity contribution in [3.05, 3.63) is 62.4 Å². The van der Waals surface area contributed by atoms with Crippen LogP contribution in [0, 0.1) is 12.7 Å². The van der Waals surface area contributed by atoms with Gasteiger partial charge >= 0.3 is 23.3 Å². The number of aliphatic carboxylic acids is 2. The summed E-state index contributed by atoms with van der Waals surface area (Å²) in [5, 5.41) is 14.8. The third-order valence-electron chi connectivity index (χ3n) is 6.70. The molecule has 0 spiro atoms. The highest BCUT2D eigenvalue weighted by molar-refractivity contribution is 6.27. The summed E-state index contributed by atoms with van der Waals surface area (Å²) >= 11 is 0. The van der Waals surface area contributed by atoms with Crippen molar-refractivity contribution in [2.24, 2.45) is 7.05 Å². The first-order chi connectivity index (χ1) is 17.5. The summed E-state index contributed by atoms with van der Waals surface area (Å²) in [5.41, 5.74) is -0.325. The quantitative estimate of drug-likeness (QED) is 0.509. The molecule has 3 heterocycles. The van der Waals surface area contributed by atoms with E-state index < -0.39 is 29.5 Å². The highest BCUT2D eigenvalue weighted by Gasteiger charge is 2.42. The number of hydrogen-bond donors (Lipinski definition) is 2. The lowest BCUT2D eigenvalue weighted by Crippen LogP contribution is -2.50. The molecule has 1 aromatic carbocycles. The van der Waals surface area contributed by atoms with Crippen LogP contribution in [-0.2, 0) is 34.5 Å². The molecular formula is C24H30F2N4O7. The molecule has 11 nitrogen and oxygen atoms in total. The minimum atomic E-state index is -1.82. The number of carboxylic acids is 2. The van der Waals surface area contributed by atoms with Gasteiger partial charge in [-0.05, 0) is 50.3 Å². The van der Waals surface area contributed by atoms with Gasteiger partial charge in [0.25, 0.3) is 0 Å². The third kappa shape index (κ3) is 7.29. The van der Waals surface area contributed by atoms with Gasteiger partial charge in [-0.3, -0.25) is 9.47 Å². The van der Waals surface area contributed by atoms with E-state index >= 15 is 0 Å². The number of fused-ring (bicyclic) bond motifs is 2. The van der Waals surface area contributed by atoms with E-state index in [1.165, 1.54) is 23.7 Å². The Morgan fingerprint density at radius 2 is 1.65 bits per heavy atom. The highest BCUT2D eigenvalue weighted by atomic mass is 19.1. The summed E-state index contributed by atoms with van der Waals surface area (Å²) in [6.07, 6.45) is 2.36. The average Bonchev–Trinajstić information content (AvgIpc) is 3.07. The van der Waals surface area contributed by atoms with Gasteiger partial charge < -0.3 is 14.9 Å². The molecule has 2 N–H and O–H groups in total. The first-order valence-electron chi connectivity index (χ1n) is 11.8. The largest absolute Gasteiger partial charge is 0.473 e. The number of rotatable bonds is 7. The zero-order valence-corrected chi connectivity index (χ0v) is 20.5. The second-order valence-corrected chi connectivity index (χ2v) is 9.21. The number of hydrogen-bond acceptors (Lipinski definition) is 7. The molecule has 2 fully saturated rings. The first-order valence-corrected chi connectivity index (χ1v) is 11.8. The minimum absolute atomic E-state index is 0.0908. The molecule has 202 valence electrons. The molecule has 2 aliphatic rings. The fourth-order valence-corrected chi connectivity index (χ4v) is 4.77. The normalized spacial score (nSPS) is 21.7. The Bertz CT molecular complexity index is 1210. The van der Waals surface area contributed by atoms with Gasteiger partial charge in [0, 0.05) is 25.7 Å². The van der Waals surface area contributed by atoms with Crippen LogP contribution in [0.3, 0.4) is 0 Å². The number of carboxylic acid groups (broad SMARTS) is 2. The van der Waals surface area contributed by atoms with Crippen molar-refractivity contribution in [3.63, 3.8) is 0 Å². The van der Waals surface area contributed by atoms with Gasteiger partial charge in [-0.25, -0.2) is 32.5 Å². The van der Waals surface area contributed by atoms with Crippen LogP contribution in [-0.4, -0.2) is 72.1 Å². The second-order valence-electron chi connectivity index (χ2n) is 9.21. The number of carbonyl (C=O) groups is 2. The van der Waals surface area contributed by atoms with E-state index in [9.17, 15) is 18.4 Å². The lowest BCUT2D eigenvalue weighted by atomic mass is 9.99. The van der Waals surface area contributed by atoms with Crippen molar-refractivity contribution >= 4 is 11.9 Å². The summed E-state index contributed by atoms with van der Waals surface area (Å²) < 4.78 is 36.1. The van der Waals surface area contributed by atoms with Crippen LogP contribution < -0.4 is 11.4 Å². The fourth-order valence-electron chi connectivity index (χ4n) is 4.77. The highest BCUT2D eigenvalue weighted by Crippen LogP contribution is 2.37. The van der Waals surface area contributed by atoms with Crippen LogP contribution in [0.25, 0.3) is 0 Å². The Morgan fingerprint density at radius 1 is 1.08 bits per heavy atom. The van der Waals surface area contributed by atoms with Crippen LogP contribution >= 0.6 is 0 Å². The van der Waals surface area contributed by atoms with Gasteiger partial charge in [-0.15, -0.1) is 0 Å². The maximum Gasteiger partial charge on any atom is 0.414 e. The van der Waals surface area contributed by atoms with Gasteiger partial charge in [0.15, 0.2) is 0 Å². The number of aryl methyl sites for hydroxylation is 1. The topological polar surface area (TPSA) is 144 Å². The van der Waals surface area contributed by atoms with Crippen LogP contribution in [0.2, 0.25) is 0 Å². The number of aromatic nitrogens is 3. The summed E-state index contributed by atoms with van der Waals surface area (Å²) in [4.78, 5) is 48.5. The van der Waals surface area contributed by atoms with Crippen molar-refractivity contribution in [2.45, 2.75) is 70.1 Å². The van der Waals surface area contributed by atoms with Crippen molar-refractivity contribution < 1.29 is 33.3 Å². The van der Waals surface area contributed by atoms with Gasteiger partial charge in [0.05, 0.1) is 19.3 Å². The molecule has 2 saturated heterocycles. The molecule has 0 aliphatic carbocycles. The number of piperidine rings is 1. The molecule has 13 heteroatoms. The fraction of sp³-hybridized carbons (Fsp3) is 0.542. The Balaban J connectivity index is 0.000000568. The smallest absolute Gasteiger partial charge is 0.414 e. The molecule has 2 unspecified atom stereocenters. The molecule has 0 radical (unpaired) electrons. The lowest BCUT2D eigenvalue weighted by molar-refractivity contribution is -0.159. The molecule has 4 rings (SSSR count). The van der Waals surface area contributed by atoms with E-state index in [0.717, 1.165) is 35.8 Å². The Morgan fingerprint density at radius 3 is 2.19 bits per heavy atom. The molecule has 2 aromatic rings. The van der Waals surface area contributed by atoms with Gasteiger partial charge in [0.2, 0.25) is 0 Å². The second kappa shape index (κ2) is 12.2. The van der Waals surface area contributed by atoms with Crippen molar-refractivity contribution in [3.8, 4) is 0 Å². The number of ether oxygens (including phenoxy) is 1. The molecule has 0 amide bonds. The summed E-state index contributed by atoms with van der Waals surface area (Å²) in [6, 6.07) is 6.75. The third-order valence-corrected chi connectivity index (χ3v) is 6.70. The maximum atomic E-state index is 14.9. The summed E-state index contributed by atoms with van der Waals surface area (Å²) in [5.74, 6) is -3.61. The number of benzene rings is 1. The Hall–Kier alpha value is -3.45. The summed E-state index contributed by atoms with van der Waals surface area (Å²) in [6.45, 7) is 1.89. The monoisotopic (exact) mass is 524 g/mol. The van der Waals surface area contributed by atoms with Gasteiger partial charge in [0.1, 0.15) is 17.8 Å². The molecule has 37 heavy (non-hydrogen) atoms. The molecule has 1 aromatic heterocycles. The van der Waals surface area contributed by atoms with Gasteiger partial charge in [-0.2, -0.15) is 4.98 Å². The average molecular weight is 525 g/mol. The molecule has 2 aliphatic heterocycles. The van der Waals surface area contributed by atoms with Crippen LogP contribution in [0.4, 0.5) is 8.78 Å². The first kappa shape index (κ1) is 28.1. The molecule has 2 bridgehead atoms. The van der Waals surface area contributed by atoms with E-state index in [0.29, 0.717) is 12.4 Å². The minimum Gasteiger partial charge on any atom is -0.473 e. The maximum absolute atomic E-state index is 14.9. The number of nitrogens with zero attached hydrogens (tertiary/aromatic N) is 4. The standard InChI is InChI=1S/C22H28F2N4O3.C2H2O4/c1-14-25-21(29)28(22(30)26(14)2)12-17(24)11-27-18-7-8-19(27)10-20(9-18)31-13-15-3-5-16(23)6-4-15;3-1(4)2(5)6/h3-6,17-20H,7-13H2,1-2H3;(H,3,4)(H,5,6)/t17-,18?,19?,20?;/m1./s1. The van der Waals surface area contributed by atoms with E-state index in [4.69, 9.17) is 24.5 Å². The Labute approximate surface area is 210 Å². The summed E-state index contributed by atoms with van der Waals surface area (Å²) in [7, 11) is 1.52. The van der Waals surface area contributed by atoms with E-state index in [2.05, 4.69) is 9.88 Å². The molecule has 0 saturated carbocycles. The Kier molecular flexibility index (Phi) is 9.27. The SMILES string of the molecule is Cc1nc(=O)n(C[C@H](F)CN2C3CCC2CC(OCc2ccc(F)cc2)C3)c(=O)n1C.O=C(O)C(=O)O. The van der Waals surface area contributed by atoms with Crippen molar-refractivity contribution in [1.29, 1.82) is 0 Å².